The standard InChI is InChI=1S/C18H23BrINO/c1-21-11-5-8-17(19)10-9-16(14-20)18(22-13-12-21)15-6-3-2-4-7-15/h2-4,6-10,16,18H,5,11-14H2,1H3/b10-9-,17-8+/t16-,18?/m0/s1. The Labute approximate surface area is 155 Å². The first-order chi connectivity index (χ1) is 10.7. The number of nitrogens with zero attached hydrogens (tertiary/aromatic N) is 1. The van der Waals surface area contributed by atoms with Gasteiger partial charge in [0, 0.05) is 27.9 Å². The van der Waals surface area contributed by atoms with E-state index in [4.69, 9.17) is 4.74 Å². The molecular weight excluding hydrogens is 453 g/mol. The molecule has 1 aliphatic heterocycles. The summed E-state index contributed by atoms with van der Waals surface area (Å²) in [6.45, 7) is 2.78. The summed E-state index contributed by atoms with van der Waals surface area (Å²) >= 11 is 6.10. The summed E-state index contributed by atoms with van der Waals surface area (Å²) < 4.78 is 8.46. The predicted molar refractivity (Wildman–Crippen MR) is 106 cm³/mol. The minimum absolute atomic E-state index is 0.113. The van der Waals surface area contributed by atoms with E-state index in [2.05, 4.69) is 99.0 Å². The maximum atomic E-state index is 6.28. The first-order valence-corrected chi connectivity index (χ1v) is 9.97. The van der Waals surface area contributed by atoms with Crippen LogP contribution in [-0.2, 0) is 4.74 Å². The number of benzene rings is 1. The van der Waals surface area contributed by atoms with Crippen molar-refractivity contribution in [2.24, 2.45) is 5.92 Å². The van der Waals surface area contributed by atoms with Crippen molar-refractivity contribution in [1.29, 1.82) is 0 Å². The van der Waals surface area contributed by atoms with Crippen molar-refractivity contribution >= 4 is 38.5 Å². The van der Waals surface area contributed by atoms with Crippen LogP contribution < -0.4 is 0 Å². The molecule has 0 radical (unpaired) electrons. The number of alkyl halides is 1. The van der Waals surface area contributed by atoms with Gasteiger partial charge in [0.05, 0.1) is 12.7 Å². The molecule has 0 fully saturated rings. The van der Waals surface area contributed by atoms with E-state index >= 15 is 0 Å². The number of allylic oxidation sites excluding steroid dienone is 2. The topological polar surface area (TPSA) is 12.5 Å². The molecule has 0 bridgehead atoms. The molecule has 0 aromatic heterocycles. The zero-order valence-electron chi connectivity index (χ0n) is 12.9. The first-order valence-electron chi connectivity index (χ1n) is 7.65. The highest BCUT2D eigenvalue weighted by molar-refractivity contribution is 14.1. The summed E-state index contributed by atoms with van der Waals surface area (Å²) in [7, 11) is 2.15. The zero-order valence-corrected chi connectivity index (χ0v) is 16.7. The van der Waals surface area contributed by atoms with E-state index in [1.54, 1.807) is 0 Å². The van der Waals surface area contributed by atoms with Gasteiger partial charge in [0.25, 0.3) is 0 Å². The molecule has 120 valence electrons. The normalized spacial score (nSPS) is 29.0. The van der Waals surface area contributed by atoms with Crippen LogP contribution in [-0.4, -0.2) is 36.1 Å². The third kappa shape index (κ3) is 5.80. The van der Waals surface area contributed by atoms with Gasteiger partial charge in [-0.1, -0.05) is 87.1 Å². The van der Waals surface area contributed by atoms with Crippen molar-refractivity contribution in [2.45, 2.75) is 12.5 Å². The van der Waals surface area contributed by atoms with Gasteiger partial charge in [0.15, 0.2) is 0 Å². The summed E-state index contributed by atoms with van der Waals surface area (Å²) in [6, 6.07) is 10.6. The van der Waals surface area contributed by atoms with E-state index in [-0.39, 0.29) is 6.10 Å². The Balaban J connectivity index is 2.24. The fraction of sp³-hybridized carbons (Fsp3) is 0.444. The Hall–Kier alpha value is -0.170. The van der Waals surface area contributed by atoms with Crippen molar-refractivity contribution in [2.75, 3.05) is 31.2 Å². The maximum Gasteiger partial charge on any atom is 0.0895 e. The van der Waals surface area contributed by atoms with Gasteiger partial charge < -0.3 is 9.64 Å². The van der Waals surface area contributed by atoms with Crippen LogP contribution in [0.2, 0.25) is 0 Å². The third-order valence-electron chi connectivity index (χ3n) is 3.82. The minimum atomic E-state index is 0.113. The molecule has 2 nitrogen and oxygen atoms in total. The van der Waals surface area contributed by atoms with E-state index in [0.29, 0.717) is 5.92 Å². The van der Waals surface area contributed by atoms with Gasteiger partial charge in [-0.15, -0.1) is 0 Å². The highest BCUT2D eigenvalue weighted by Crippen LogP contribution is 2.30. The van der Waals surface area contributed by atoms with E-state index < -0.39 is 0 Å². The second-order valence-electron chi connectivity index (χ2n) is 5.56. The fourth-order valence-electron chi connectivity index (χ4n) is 2.50. The molecule has 1 aromatic rings. The second-order valence-corrected chi connectivity index (χ2v) is 7.36. The van der Waals surface area contributed by atoms with E-state index in [0.717, 1.165) is 35.0 Å². The molecule has 1 aliphatic rings. The van der Waals surface area contributed by atoms with E-state index in [1.165, 1.54) is 5.56 Å². The Morgan fingerprint density at radius 3 is 2.77 bits per heavy atom. The molecular formula is C18H23BrINO. The summed E-state index contributed by atoms with van der Waals surface area (Å²) in [4.78, 5) is 2.32. The molecule has 1 heterocycles. The first kappa shape index (κ1) is 18.2. The largest absolute Gasteiger partial charge is 0.372 e. The highest BCUT2D eigenvalue weighted by atomic mass is 127. The van der Waals surface area contributed by atoms with E-state index in [9.17, 15) is 0 Å². The Bertz CT molecular complexity index is 503. The Morgan fingerprint density at radius 1 is 1.27 bits per heavy atom. The summed E-state index contributed by atoms with van der Waals surface area (Å²) in [5.41, 5.74) is 1.26. The smallest absolute Gasteiger partial charge is 0.0895 e. The van der Waals surface area contributed by atoms with Gasteiger partial charge in [0.1, 0.15) is 0 Å². The fourth-order valence-corrected chi connectivity index (χ4v) is 3.63. The predicted octanol–water partition coefficient (Wildman–Crippen LogP) is 4.97. The summed E-state index contributed by atoms with van der Waals surface area (Å²) in [5.74, 6) is 0.369. The van der Waals surface area contributed by atoms with Crippen LogP contribution in [0.3, 0.4) is 0 Å². The highest BCUT2D eigenvalue weighted by Gasteiger charge is 2.21. The van der Waals surface area contributed by atoms with Crippen molar-refractivity contribution in [3.05, 3.63) is 58.6 Å². The molecule has 2 atom stereocenters. The molecule has 1 unspecified atom stereocenters. The quantitative estimate of drug-likeness (QED) is 0.442. The van der Waals surface area contributed by atoms with Gasteiger partial charge in [0.2, 0.25) is 0 Å². The lowest BCUT2D eigenvalue weighted by molar-refractivity contribution is 0.0206. The average Bonchev–Trinajstić information content (AvgIpc) is 2.53. The number of hydrogen-bond donors (Lipinski definition) is 0. The molecule has 4 heteroatoms. The van der Waals surface area contributed by atoms with Crippen molar-refractivity contribution in [1.82, 2.24) is 4.90 Å². The Kier molecular flexibility index (Phi) is 8.14. The molecule has 0 spiro atoms. The number of hydrogen-bond acceptors (Lipinski definition) is 2. The lowest BCUT2D eigenvalue weighted by Gasteiger charge is -2.26. The molecule has 0 N–H and O–H groups in total. The minimum Gasteiger partial charge on any atom is -0.372 e. The van der Waals surface area contributed by atoms with Gasteiger partial charge in [-0.25, -0.2) is 0 Å². The van der Waals surface area contributed by atoms with Crippen molar-refractivity contribution < 1.29 is 4.74 Å². The molecule has 0 saturated heterocycles. The summed E-state index contributed by atoms with van der Waals surface area (Å²) in [6.07, 6.45) is 7.86. The molecule has 0 amide bonds. The van der Waals surface area contributed by atoms with Gasteiger partial charge in [-0.05, 0) is 19.0 Å². The maximum absolute atomic E-state index is 6.28. The van der Waals surface area contributed by atoms with Crippen LogP contribution in [0.15, 0.2) is 53.0 Å². The number of halogens is 2. The SMILES string of the molecule is CN1CC/C=C(Br)\C=C/[C@@H](CI)C(c2ccccc2)OCC1. The number of ether oxygens (including phenoxy) is 1. The zero-order chi connectivity index (χ0) is 15.8. The van der Waals surface area contributed by atoms with Gasteiger partial charge in [-0.2, -0.15) is 0 Å². The third-order valence-corrected chi connectivity index (χ3v) is 5.42. The van der Waals surface area contributed by atoms with Crippen LogP contribution in [0.1, 0.15) is 18.1 Å². The molecule has 2 rings (SSSR count). The van der Waals surface area contributed by atoms with Crippen LogP contribution in [0, 0.1) is 5.92 Å². The molecule has 0 aliphatic carbocycles. The number of likely N-dealkylation sites (N-methyl/N-ethyl adjacent to an activating group) is 1. The van der Waals surface area contributed by atoms with Crippen LogP contribution in [0.25, 0.3) is 0 Å². The summed E-state index contributed by atoms with van der Waals surface area (Å²) in [5, 5.41) is 0. The van der Waals surface area contributed by atoms with Gasteiger partial charge >= 0.3 is 0 Å². The number of rotatable bonds is 2. The molecule has 22 heavy (non-hydrogen) atoms. The molecule has 0 saturated carbocycles. The average molecular weight is 476 g/mol. The van der Waals surface area contributed by atoms with E-state index in [1.807, 2.05) is 0 Å². The Morgan fingerprint density at radius 2 is 2.05 bits per heavy atom. The van der Waals surface area contributed by atoms with Crippen LogP contribution >= 0.6 is 38.5 Å². The van der Waals surface area contributed by atoms with Crippen molar-refractivity contribution in [3.8, 4) is 0 Å². The second kappa shape index (κ2) is 9.85. The monoisotopic (exact) mass is 475 g/mol. The lowest BCUT2D eigenvalue weighted by atomic mass is 9.96. The van der Waals surface area contributed by atoms with Crippen LogP contribution in [0.5, 0.6) is 0 Å². The van der Waals surface area contributed by atoms with Gasteiger partial charge in [-0.3, -0.25) is 0 Å². The lowest BCUT2D eigenvalue weighted by Crippen LogP contribution is -2.26. The van der Waals surface area contributed by atoms with Crippen molar-refractivity contribution in [3.63, 3.8) is 0 Å². The van der Waals surface area contributed by atoms with Crippen LogP contribution in [0.4, 0.5) is 0 Å². The molecule has 1 aromatic carbocycles.